The maximum absolute atomic E-state index is 9.51. The van der Waals surface area contributed by atoms with Crippen molar-refractivity contribution in [1.29, 1.82) is 0 Å². The molecule has 0 saturated carbocycles. The van der Waals surface area contributed by atoms with Crippen LogP contribution in [0.1, 0.15) is 32.6 Å². The molecule has 0 fully saturated rings. The van der Waals surface area contributed by atoms with Crippen molar-refractivity contribution >= 4 is 11.4 Å². The predicted molar refractivity (Wildman–Crippen MR) is 72.0 cm³/mol. The maximum Gasteiger partial charge on any atom is 0.191 e. The summed E-state index contributed by atoms with van der Waals surface area (Å²) in [6.45, 7) is 2.11. The lowest BCUT2D eigenvalue weighted by Crippen LogP contribution is -2.15. The fourth-order valence-corrected chi connectivity index (χ4v) is 1.48. The zero-order valence-electron chi connectivity index (χ0n) is 10.8. The smallest absolute Gasteiger partial charge is 0.191 e. The van der Waals surface area contributed by atoms with Gasteiger partial charge in [-0.25, -0.2) is 0 Å². The average Bonchev–Trinajstić information content (AvgIpc) is 2.34. The van der Waals surface area contributed by atoms with E-state index in [9.17, 15) is 5.11 Å². The molecule has 102 valence electrons. The van der Waals surface area contributed by atoms with Gasteiger partial charge in [0, 0.05) is 6.07 Å². The van der Waals surface area contributed by atoms with E-state index in [2.05, 4.69) is 6.92 Å². The number of hydrogen-bond acceptors (Lipinski definition) is 5. The molecule has 5 heteroatoms. The van der Waals surface area contributed by atoms with Gasteiger partial charge in [0.15, 0.2) is 13.1 Å². The molecular formula is C13H22N2O3. The second-order valence-electron chi connectivity index (χ2n) is 4.17. The first-order valence-electron chi connectivity index (χ1n) is 6.21. The van der Waals surface area contributed by atoms with E-state index in [0.717, 1.165) is 19.3 Å². The Balaban J connectivity index is 2.22. The van der Waals surface area contributed by atoms with Crippen molar-refractivity contribution in [2.75, 3.05) is 18.3 Å². The van der Waals surface area contributed by atoms with Crippen molar-refractivity contribution in [1.82, 2.24) is 0 Å². The van der Waals surface area contributed by atoms with Gasteiger partial charge in [0.1, 0.15) is 5.75 Å². The summed E-state index contributed by atoms with van der Waals surface area (Å²) in [5.41, 5.74) is 12.2. The Hall–Kier alpha value is -1.46. The van der Waals surface area contributed by atoms with Crippen LogP contribution in [-0.4, -0.2) is 18.2 Å². The molecule has 0 heterocycles. The van der Waals surface area contributed by atoms with Gasteiger partial charge in [-0.05, 0) is 25.0 Å². The highest BCUT2D eigenvalue weighted by Gasteiger charge is 2.04. The number of ether oxygens (including phenoxy) is 2. The molecule has 0 bridgehead atoms. The van der Waals surface area contributed by atoms with Crippen LogP contribution in [0.2, 0.25) is 0 Å². The summed E-state index contributed by atoms with van der Waals surface area (Å²) in [5, 5.41) is 9.51. The zero-order valence-corrected chi connectivity index (χ0v) is 10.8. The molecule has 0 radical (unpaired) electrons. The molecule has 5 N–H and O–H groups in total. The molecule has 18 heavy (non-hydrogen) atoms. The Morgan fingerprint density at radius 3 is 2.67 bits per heavy atom. The van der Waals surface area contributed by atoms with Gasteiger partial charge in [-0.2, -0.15) is 0 Å². The number of anilines is 2. The van der Waals surface area contributed by atoms with Gasteiger partial charge in [0.05, 0.1) is 11.4 Å². The molecular weight excluding hydrogens is 232 g/mol. The molecule has 1 rings (SSSR count). The predicted octanol–water partition coefficient (Wildman–Crippen LogP) is 2.10. The third-order valence-corrected chi connectivity index (χ3v) is 2.60. The Labute approximate surface area is 108 Å². The normalized spacial score (nSPS) is 12.3. The van der Waals surface area contributed by atoms with Crippen LogP contribution in [0.5, 0.6) is 5.75 Å². The number of nitrogen functional groups attached to an aromatic ring is 2. The van der Waals surface area contributed by atoms with E-state index < -0.39 is 6.29 Å². The highest BCUT2D eigenvalue weighted by atomic mass is 16.7. The lowest BCUT2D eigenvalue weighted by Gasteiger charge is -2.13. The second kappa shape index (κ2) is 7.79. The van der Waals surface area contributed by atoms with Gasteiger partial charge in [0.25, 0.3) is 0 Å². The van der Waals surface area contributed by atoms with E-state index in [4.69, 9.17) is 20.9 Å². The Morgan fingerprint density at radius 2 is 2.00 bits per heavy atom. The third-order valence-electron chi connectivity index (χ3n) is 2.60. The molecule has 0 aliphatic rings. The minimum atomic E-state index is -0.775. The van der Waals surface area contributed by atoms with Crippen LogP contribution in [0, 0.1) is 0 Å². The number of rotatable bonds is 8. The zero-order chi connectivity index (χ0) is 13.4. The van der Waals surface area contributed by atoms with Gasteiger partial charge >= 0.3 is 0 Å². The molecule has 1 atom stereocenters. The van der Waals surface area contributed by atoms with Gasteiger partial charge < -0.3 is 26.0 Å². The minimum absolute atomic E-state index is 0.00332. The maximum atomic E-state index is 9.51. The van der Waals surface area contributed by atoms with Crippen LogP contribution in [0.15, 0.2) is 18.2 Å². The second-order valence-corrected chi connectivity index (χ2v) is 4.17. The van der Waals surface area contributed by atoms with E-state index in [1.54, 1.807) is 18.2 Å². The summed E-state index contributed by atoms with van der Waals surface area (Å²) in [5.74, 6) is 0.572. The summed E-state index contributed by atoms with van der Waals surface area (Å²) in [4.78, 5) is 0. The van der Waals surface area contributed by atoms with Crippen molar-refractivity contribution < 1.29 is 14.6 Å². The minimum Gasteiger partial charge on any atom is -0.467 e. The highest BCUT2D eigenvalue weighted by molar-refractivity contribution is 5.65. The lowest BCUT2D eigenvalue weighted by atomic mass is 10.2. The number of aliphatic hydroxyl groups is 1. The third kappa shape index (κ3) is 5.25. The van der Waals surface area contributed by atoms with Crippen LogP contribution >= 0.6 is 0 Å². The van der Waals surface area contributed by atoms with Crippen molar-refractivity contribution in [2.24, 2.45) is 0 Å². The summed E-state index contributed by atoms with van der Waals surface area (Å²) in [7, 11) is 0. The van der Waals surface area contributed by atoms with E-state index in [1.807, 2.05) is 0 Å². The average molecular weight is 254 g/mol. The van der Waals surface area contributed by atoms with Crippen LogP contribution in [0.3, 0.4) is 0 Å². The SMILES string of the molecule is CCCCCC(O)OCOc1ccc(N)c(N)c1. The molecule has 0 saturated heterocycles. The molecule has 0 aliphatic carbocycles. The molecule has 1 unspecified atom stereocenters. The molecule has 1 aromatic rings. The van der Waals surface area contributed by atoms with E-state index >= 15 is 0 Å². The van der Waals surface area contributed by atoms with E-state index in [0.29, 0.717) is 23.5 Å². The Kier molecular flexibility index (Phi) is 6.32. The number of aliphatic hydroxyl groups excluding tert-OH is 1. The fraction of sp³-hybridized carbons (Fsp3) is 0.538. The van der Waals surface area contributed by atoms with Crippen LogP contribution < -0.4 is 16.2 Å². The van der Waals surface area contributed by atoms with E-state index in [1.165, 1.54) is 0 Å². The Morgan fingerprint density at radius 1 is 1.22 bits per heavy atom. The topological polar surface area (TPSA) is 90.7 Å². The molecule has 5 nitrogen and oxygen atoms in total. The lowest BCUT2D eigenvalue weighted by molar-refractivity contribution is -0.146. The molecule has 0 spiro atoms. The summed E-state index contributed by atoms with van der Waals surface area (Å²) in [6.07, 6.45) is 3.01. The number of benzene rings is 1. The molecule has 0 aromatic heterocycles. The molecule has 0 aliphatic heterocycles. The summed E-state index contributed by atoms with van der Waals surface area (Å²) >= 11 is 0. The van der Waals surface area contributed by atoms with Crippen LogP contribution in [0.25, 0.3) is 0 Å². The fourth-order valence-electron chi connectivity index (χ4n) is 1.48. The van der Waals surface area contributed by atoms with Gasteiger partial charge in [-0.15, -0.1) is 0 Å². The van der Waals surface area contributed by atoms with Crippen molar-refractivity contribution in [3.8, 4) is 5.75 Å². The standard InChI is InChI=1S/C13H22N2O3/c1-2-3-4-5-13(16)18-9-17-10-6-7-11(14)12(15)8-10/h6-8,13,16H,2-5,9,14-15H2,1H3. The largest absolute Gasteiger partial charge is 0.467 e. The summed E-state index contributed by atoms with van der Waals surface area (Å²) in [6, 6.07) is 5.00. The van der Waals surface area contributed by atoms with Gasteiger partial charge in [-0.1, -0.05) is 19.8 Å². The summed E-state index contributed by atoms with van der Waals surface area (Å²) < 4.78 is 10.4. The molecule has 0 amide bonds. The first kappa shape index (κ1) is 14.6. The first-order valence-corrected chi connectivity index (χ1v) is 6.21. The van der Waals surface area contributed by atoms with Crippen LogP contribution in [-0.2, 0) is 4.74 Å². The first-order chi connectivity index (χ1) is 8.63. The Bertz CT molecular complexity index is 358. The number of unbranched alkanes of at least 4 members (excludes halogenated alkanes) is 2. The number of hydrogen-bond donors (Lipinski definition) is 3. The highest BCUT2D eigenvalue weighted by Crippen LogP contribution is 2.21. The van der Waals surface area contributed by atoms with Crippen LogP contribution in [0.4, 0.5) is 11.4 Å². The monoisotopic (exact) mass is 254 g/mol. The number of nitrogens with two attached hydrogens (primary N) is 2. The van der Waals surface area contributed by atoms with Crippen molar-refractivity contribution in [3.05, 3.63) is 18.2 Å². The quantitative estimate of drug-likeness (QED) is 0.375. The van der Waals surface area contributed by atoms with E-state index in [-0.39, 0.29) is 6.79 Å². The van der Waals surface area contributed by atoms with Crippen molar-refractivity contribution in [2.45, 2.75) is 38.9 Å². The van der Waals surface area contributed by atoms with Gasteiger partial charge in [-0.3, -0.25) is 0 Å². The molecule has 1 aromatic carbocycles. The van der Waals surface area contributed by atoms with Crippen molar-refractivity contribution in [3.63, 3.8) is 0 Å². The van der Waals surface area contributed by atoms with Gasteiger partial charge in [0.2, 0.25) is 0 Å².